The third-order valence-corrected chi connectivity index (χ3v) is 16.6. The van der Waals surface area contributed by atoms with E-state index in [-0.39, 0.29) is 68.8 Å². The van der Waals surface area contributed by atoms with Crippen molar-refractivity contribution in [2.45, 2.75) is 349 Å². The largest absolute Gasteiger partial charge is 0.466 e. The number of hydrogen-bond acceptors (Lipinski definition) is 8. The zero-order chi connectivity index (χ0) is 56.1. The van der Waals surface area contributed by atoms with Crippen LogP contribution in [-0.2, 0) is 39.9 Å². The molecule has 1 rings (SSSR count). The van der Waals surface area contributed by atoms with Gasteiger partial charge in [0.05, 0.1) is 26.1 Å². The molecular weight excluding hydrogens is 959 g/mol. The number of aromatic nitrogens is 2. The summed E-state index contributed by atoms with van der Waals surface area (Å²) in [5, 5.41) is 3.31. The zero-order valence-corrected chi connectivity index (χ0v) is 51.6. The maximum atomic E-state index is 14.0. The van der Waals surface area contributed by atoms with Gasteiger partial charge in [0.1, 0.15) is 0 Å². The summed E-state index contributed by atoms with van der Waals surface area (Å²) in [6.45, 7) is 15.1. The van der Waals surface area contributed by atoms with Crippen LogP contribution in [0.1, 0.15) is 337 Å². The number of amides is 1. The molecule has 10 nitrogen and oxygen atoms in total. The van der Waals surface area contributed by atoms with Crippen LogP contribution < -0.4 is 5.32 Å². The van der Waals surface area contributed by atoms with Crippen molar-refractivity contribution >= 4 is 23.8 Å². The Balaban J connectivity index is 3.26. The Kier molecular flexibility index (Phi) is 49.1. The van der Waals surface area contributed by atoms with Crippen molar-refractivity contribution in [1.29, 1.82) is 0 Å². The average molecular weight is 1080 g/mol. The minimum absolute atomic E-state index is 0.0702. The Labute approximate surface area is 475 Å². The fourth-order valence-electron chi connectivity index (χ4n) is 11.3. The summed E-state index contributed by atoms with van der Waals surface area (Å²) < 4.78 is 19.9. The SMILES string of the molecule is CCCCCCCCC(CCCCCC)CCOC(=O)CCC(CCC(=O)OCCC(CCCCCC)CCCCCCCC)(CCC(=O)OCCC(CCCCCC)CCCCCCCC)NC(=O)CCn1ccnc1. The fourth-order valence-corrected chi connectivity index (χ4v) is 11.3. The molecule has 3 atom stereocenters. The van der Waals surface area contributed by atoms with Crippen LogP contribution in [0.25, 0.3) is 0 Å². The molecule has 1 aromatic heterocycles. The number of ether oxygens (including phenoxy) is 3. The van der Waals surface area contributed by atoms with E-state index in [1.54, 1.807) is 12.5 Å². The van der Waals surface area contributed by atoms with Gasteiger partial charge in [0.25, 0.3) is 0 Å². The first kappa shape index (κ1) is 72.1. The highest BCUT2D eigenvalue weighted by atomic mass is 16.5. The maximum absolute atomic E-state index is 14.0. The van der Waals surface area contributed by atoms with Crippen LogP contribution >= 0.6 is 0 Å². The van der Waals surface area contributed by atoms with Gasteiger partial charge in [0.2, 0.25) is 5.91 Å². The van der Waals surface area contributed by atoms with Gasteiger partial charge in [-0.2, -0.15) is 0 Å². The van der Waals surface area contributed by atoms with Crippen LogP contribution in [0.5, 0.6) is 0 Å². The molecule has 1 amide bonds. The average Bonchev–Trinajstić information content (AvgIpc) is 3.96. The highest BCUT2D eigenvalue weighted by molar-refractivity contribution is 5.78. The van der Waals surface area contributed by atoms with Gasteiger partial charge >= 0.3 is 17.9 Å². The van der Waals surface area contributed by atoms with E-state index >= 15 is 0 Å². The Bertz CT molecular complexity index is 1350. The second-order valence-electron chi connectivity index (χ2n) is 23.7. The lowest BCUT2D eigenvalue weighted by molar-refractivity contribution is -0.145. The minimum atomic E-state index is -1.03. The van der Waals surface area contributed by atoms with Crippen molar-refractivity contribution in [3.8, 4) is 0 Å². The number of carbonyl (C=O) groups is 4. The molecule has 1 aromatic rings. The minimum Gasteiger partial charge on any atom is -0.466 e. The molecule has 10 heteroatoms. The van der Waals surface area contributed by atoms with Crippen LogP contribution in [0, 0.1) is 17.8 Å². The van der Waals surface area contributed by atoms with Crippen LogP contribution in [0.3, 0.4) is 0 Å². The summed E-state index contributed by atoms with van der Waals surface area (Å²) in [5.74, 6) is 0.503. The number of carbonyl (C=O) groups excluding carboxylic acids is 4. The van der Waals surface area contributed by atoms with E-state index in [4.69, 9.17) is 14.2 Å². The summed E-state index contributed by atoms with van der Waals surface area (Å²) in [6.07, 6.45) is 53.7. The number of aryl methyl sites for hydroxylation is 1. The second-order valence-corrected chi connectivity index (χ2v) is 23.7. The molecule has 0 spiro atoms. The second kappa shape index (κ2) is 52.5. The van der Waals surface area contributed by atoms with Crippen molar-refractivity contribution in [2.24, 2.45) is 17.8 Å². The highest BCUT2D eigenvalue weighted by Gasteiger charge is 2.34. The Hall–Kier alpha value is -2.91. The maximum Gasteiger partial charge on any atom is 0.305 e. The summed E-state index contributed by atoms with van der Waals surface area (Å²) >= 11 is 0. The molecular formula is C67H125N3O7. The monoisotopic (exact) mass is 1080 g/mol. The van der Waals surface area contributed by atoms with Gasteiger partial charge in [-0.3, -0.25) is 19.2 Å². The van der Waals surface area contributed by atoms with E-state index in [9.17, 15) is 19.2 Å². The van der Waals surface area contributed by atoms with Crippen molar-refractivity contribution in [2.75, 3.05) is 19.8 Å². The molecule has 0 saturated heterocycles. The number of unbranched alkanes of at least 4 members (excludes halogenated alkanes) is 24. The van der Waals surface area contributed by atoms with E-state index < -0.39 is 5.54 Å². The van der Waals surface area contributed by atoms with Crippen LogP contribution in [-0.4, -0.2) is 58.7 Å². The van der Waals surface area contributed by atoms with Crippen molar-refractivity contribution in [3.05, 3.63) is 18.7 Å². The highest BCUT2D eigenvalue weighted by Crippen LogP contribution is 2.30. The lowest BCUT2D eigenvalue weighted by Crippen LogP contribution is -2.50. The molecule has 0 radical (unpaired) electrons. The Morgan fingerprint density at radius 1 is 0.403 bits per heavy atom. The third-order valence-electron chi connectivity index (χ3n) is 16.6. The Morgan fingerprint density at radius 2 is 0.688 bits per heavy atom. The predicted molar refractivity (Wildman–Crippen MR) is 323 cm³/mol. The molecule has 450 valence electrons. The van der Waals surface area contributed by atoms with Gasteiger partial charge in [0, 0.05) is 50.2 Å². The first-order chi connectivity index (χ1) is 37.6. The normalized spacial score (nSPS) is 13.5. The fraction of sp³-hybridized carbons (Fsp3) is 0.896. The summed E-state index contributed by atoms with van der Waals surface area (Å²) in [6, 6.07) is 0. The number of nitrogens with zero attached hydrogens (tertiary/aromatic N) is 2. The number of hydrogen-bond donors (Lipinski definition) is 1. The number of nitrogens with one attached hydrogen (secondary N) is 1. The smallest absolute Gasteiger partial charge is 0.305 e. The lowest BCUT2D eigenvalue weighted by atomic mass is 9.83. The number of rotatable bonds is 58. The lowest BCUT2D eigenvalue weighted by Gasteiger charge is -2.35. The molecule has 0 aliphatic carbocycles. The van der Waals surface area contributed by atoms with Gasteiger partial charge in [-0.1, -0.05) is 273 Å². The molecule has 3 unspecified atom stereocenters. The first-order valence-electron chi connectivity index (χ1n) is 33.4. The van der Waals surface area contributed by atoms with Crippen molar-refractivity contribution in [1.82, 2.24) is 14.9 Å². The molecule has 0 saturated carbocycles. The van der Waals surface area contributed by atoms with E-state index in [0.717, 1.165) is 19.3 Å². The summed E-state index contributed by atoms with van der Waals surface area (Å²) in [5.41, 5.74) is -1.03. The van der Waals surface area contributed by atoms with Crippen LogP contribution in [0.2, 0.25) is 0 Å². The number of esters is 3. The molecule has 0 aliphatic heterocycles. The molecule has 0 aliphatic rings. The molecule has 1 N–H and O–H groups in total. The number of imidazole rings is 1. The summed E-state index contributed by atoms with van der Waals surface area (Å²) in [4.78, 5) is 59.4. The summed E-state index contributed by atoms with van der Waals surface area (Å²) in [7, 11) is 0. The molecule has 0 fully saturated rings. The zero-order valence-electron chi connectivity index (χ0n) is 51.6. The van der Waals surface area contributed by atoms with Gasteiger partial charge < -0.3 is 24.1 Å². The van der Waals surface area contributed by atoms with E-state index in [1.165, 1.54) is 231 Å². The van der Waals surface area contributed by atoms with Crippen LogP contribution in [0.15, 0.2) is 18.7 Å². The third kappa shape index (κ3) is 43.6. The van der Waals surface area contributed by atoms with Crippen LogP contribution in [0.4, 0.5) is 0 Å². The van der Waals surface area contributed by atoms with Crippen molar-refractivity contribution < 1.29 is 33.4 Å². The predicted octanol–water partition coefficient (Wildman–Crippen LogP) is 19.3. The molecule has 0 bridgehead atoms. The van der Waals surface area contributed by atoms with Gasteiger partial charge in [-0.05, 0) is 56.3 Å². The van der Waals surface area contributed by atoms with E-state index in [2.05, 4.69) is 51.8 Å². The van der Waals surface area contributed by atoms with E-state index in [0.29, 0.717) is 44.1 Å². The quantitative estimate of drug-likeness (QED) is 0.0388. The molecule has 0 aromatic carbocycles. The Morgan fingerprint density at radius 3 is 0.974 bits per heavy atom. The van der Waals surface area contributed by atoms with Gasteiger partial charge in [0.15, 0.2) is 0 Å². The topological polar surface area (TPSA) is 126 Å². The molecule has 1 heterocycles. The molecule has 77 heavy (non-hydrogen) atoms. The van der Waals surface area contributed by atoms with Gasteiger partial charge in [-0.25, -0.2) is 4.98 Å². The standard InChI is InChI=1S/C67H125N3O7/c1-7-13-19-25-28-34-40-60(37-31-22-16-10-4)47-56-75-64(72)43-50-67(69-63(71)46-54-70-55-53-68-59-70,51-44-65(73)76-57-48-61(38-32-23-17-11-5)41-35-29-26-20-14-8-2)52-45-66(74)77-58-49-62(39-33-24-18-12-6)42-36-30-27-21-15-9-3/h53,55,59-62H,7-52,54,56-58H2,1-6H3,(H,69,71). The first-order valence-corrected chi connectivity index (χ1v) is 33.4. The van der Waals surface area contributed by atoms with Crippen molar-refractivity contribution in [3.63, 3.8) is 0 Å². The van der Waals surface area contributed by atoms with E-state index in [1.807, 2.05) is 10.8 Å². The van der Waals surface area contributed by atoms with Gasteiger partial charge in [-0.15, -0.1) is 0 Å².